The minimum Gasteiger partial charge on any atom is -0.480 e. The molecule has 8 nitrogen and oxygen atoms in total. The number of aryl methyl sites for hydroxylation is 1. The third kappa shape index (κ3) is 7.17. The van der Waals surface area contributed by atoms with E-state index in [2.05, 4.69) is 25.5 Å². The molecular formula is C18H32N4O4S. The first kappa shape index (κ1) is 23.5. The van der Waals surface area contributed by atoms with E-state index < -0.39 is 24.2 Å². The Kier molecular flexibility index (Phi) is 9.86. The van der Waals surface area contributed by atoms with Crippen molar-refractivity contribution in [3.63, 3.8) is 0 Å². The van der Waals surface area contributed by atoms with Gasteiger partial charge in [-0.25, -0.2) is 4.68 Å². The lowest BCUT2D eigenvalue weighted by atomic mass is 10.1. The Morgan fingerprint density at radius 3 is 2.63 bits per heavy atom. The molecule has 0 aromatic carbocycles. The summed E-state index contributed by atoms with van der Waals surface area (Å²) in [6.45, 7) is 11.0. The van der Waals surface area contributed by atoms with Gasteiger partial charge in [-0.1, -0.05) is 19.9 Å². The average Bonchev–Trinajstić information content (AvgIpc) is 2.92. The summed E-state index contributed by atoms with van der Waals surface area (Å²) in [7, 11) is 0. The summed E-state index contributed by atoms with van der Waals surface area (Å²) in [5, 5.41) is 23.7. The molecule has 0 aliphatic heterocycles. The summed E-state index contributed by atoms with van der Waals surface area (Å²) in [5.74, 6) is 0.109. The number of carboxylic acids is 1. The molecule has 1 unspecified atom stereocenters. The van der Waals surface area contributed by atoms with Crippen LogP contribution in [0.25, 0.3) is 0 Å². The van der Waals surface area contributed by atoms with Crippen molar-refractivity contribution in [2.24, 2.45) is 11.7 Å². The minimum absolute atomic E-state index is 0.274. The number of carboxylic acid groups (broad SMARTS) is 1. The Balaban J connectivity index is 2.79. The second-order valence-electron chi connectivity index (χ2n) is 7.10. The molecule has 0 amide bonds. The van der Waals surface area contributed by atoms with Crippen molar-refractivity contribution in [2.45, 2.75) is 64.8 Å². The number of hydrogen-bond acceptors (Lipinski definition) is 6. The van der Waals surface area contributed by atoms with E-state index in [1.54, 1.807) is 17.6 Å². The van der Waals surface area contributed by atoms with Crippen LogP contribution in [0.5, 0.6) is 0 Å². The SMILES string of the molecule is C=CCn1c(CCC(O)COCCC(C)C)nn([C@@H](C)[C@H](N)C(=O)O)c1=S. The highest BCUT2D eigenvalue weighted by Gasteiger charge is 2.25. The number of aliphatic hydroxyl groups excluding tert-OH is 1. The van der Waals surface area contributed by atoms with Gasteiger partial charge in [-0.15, -0.1) is 6.58 Å². The molecule has 9 heteroatoms. The van der Waals surface area contributed by atoms with E-state index in [4.69, 9.17) is 27.8 Å². The molecule has 154 valence electrons. The maximum absolute atomic E-state index is 11.2. The van der Waals surface area contributed by atoms with Crippen LogP contribution in [0.2, 0.25) is 0 Å². The first-order valence-electron chi connectivity index (χ1n) is 9.22. The average molecular weight is 401 g/mol. The van der Waals surface area contributed by atoms with Crippen LogP contribution in [0.4, 0.5) is 0 Å². The van der Waals surface area contributed by atoms with Crippen LogP contribution in [-0.2, 0) is 22.5 Å². The van der Waals surface area contributed by atoms with Crippen LogP contribution >= 0.6 is 12.2 Å². The van der Waals surface area contributed by atoms with Gasteiger partial charge in [0.25, 0.3) is 0 Å². The Hall–Kier alpha value is -1.55. The van der Waals surface area contributed by atoms with Gasteiger partial charge in [0, 0.05) is 19.6 Å². The lowest BCUT2D eigenvalue weighted by Crippen LogP contribution is -2.38. The zero-order valence-corrected chi connectivity index (χ0v) is 17.2. The lowest BCUT2D eigenvalue weighted by Gasteiger charge is -2.15. The third-order valence-electron chi connectivity index (χ3n) is 4.31. The van der Waals surface area contributed by atoms with Crippen molar-refractivity contribution in [1.29, 1.82) is 0 Å². The number of hydrogen-bond donors (Lipinski definition) is 3. The molecule has 0 aliphatic rings. The number of aromatic nitrogens is 3. The van der Waals surface area contributed by atoms with Crippen molar-refractivity contribution >= 4 is 18.2 Å². The number of nitrogens with zero attached hydrogens (tertiary/aromatic N) is 3. The van der Waals surface area contributed by atoms with Gasteiger partial charge in [0.2, 0.25) is 0 Å². The van der Waals surface area contributed by atoms with Crippen LogP contribution in [0, 0.1) is 10.7 Å². The molecule has 1 aromatic rings. The molecule has 1 aromatic heterocycles. The summed E-state index contributed by atoms with van der Waals surface area (Å²) < 4.78 is 9.12. The highest BCUT2D eigenvalue weighted by atomic mass is 32.1. The van der Waals surface area contributed by atoms with Crippen LogP contribution in [0.15, 0.2) is 12.7 Å². The first-order chi connectivity index (χ1) is 12.7. The van der Waals surface area contributed by atoms with Gasteiger partial charge in [0.05, 0.1) is 18.8 Å². The number of aliphatic hydroxyl groups is 1. The van der Waals surface area contributed by atoms with Crippen LogP contribution in [0.1, 0.15) is 45.5 Å². The van der Waals surface area contributed by atoms with E-state index in [1.807, 2.05) is 0 Å². The maximum Gasteiger partial charge on any atom is 0.322 e. The normalized spacial score (nSPS) is 14.9. The molecule has 1 heterocycles. The lowest BCUT2D eigenvalue weighted by molar-refractivity contribution is -0.139. The maximum atomic E-state index is 11.2. The van der Waals surface area contributed by atoms with E-state index in [9.17, 15) is 9.90 Å². The molecule has 0 saturated heterocycles. The van der Waals surface area contributed by atoms with Crippen molar-refractivity contribution in [2.75, 3.05) is 13.2 Å². The molecule has 0 radical (unpaired) electrons. The fourth-order valence-corrected chi connectivity index (χ4v) is 2.88. The van der Waals surface area contributed by atoms with E-state index in [-0.39, 0.29) is 6.61 Å². The second-order valence-corrected chi connectivity index (χ2v) is 7.46. The Morgan fingerprint density at radius 1 is 1.41 bits per heavy atom. The Morgan fingerprint density at radius 2 is 2.07 bits per heavy atom. The van der Waals surface area contributed by atoms with Gasteiger partial charge >= 0.3 is 5.97 Å². The fraction of sp³-hybridized carbons (Fsp3) is 0.722. The number of nitrogens with two attached hydrogens (primary N) is 1. The number of carbonyl (C=O) groups is 1. The predicted octanol–water partition coefficient (Wildman–Crippen LogP) is 1.93. The topological polar surface area (TPSA) is 116 Å². The van der Waals surface area contributed by atoms with Crippen LogP contribution in [-0.4, -0.2) is 55.9 Å². The second kappa shape index (κ2) is 11.3. The highest BCUT2D eigenvalue weighted by molar-refractivity contribution is 7.71. The summed E-state index contributed by atoms with van der Waals surface area (Å²) in [4.78, 5) is 11.2. The molecule has 0 bridgehead atoms. The molecule has 0 aliphatic carbocycles. The number of allylic oxidation sites excluding steroid dienone is 1. The number of rotatable bonds is 13. The summed E-state index contributed by atoms with van der Waals surface area (Å²) >= 11 is 5.43. The molecule has 0 saturated carbocycles. The molecule has 0 fully saturated rings. The Labute approximate surface area is 165 Å². The van der Waals surface area contributed by atoms with Gasteiger partial charge in [-0.3, -0.25) is 4.79 Å². The number of ether oxygens (including phenoxy) is 1. The van der Waals surface area contributed by atoms with E-state index in [1.165, 1.54) is 4.68 Å². The highest BCUT2D eigenvalue weighted by Crippen LogP contribution is 2.14. The van der Waals surface area contributed by atoms with Crippen LogP contribution < -0.4 is 5.73 Å². The summed E-state index contributed by atoms with van der Waals surface area (Å²) in [6.07, 6.45) is 2.99. The minimum atomic E-state index is -1.11. The smallest absolute Gasteiger partial charge is 0.322 e. The quantitative estimate of drug-likeness (QED) is 0.263. The molecule has 27 heavy (non-hydrogen) atoms. The van der Waals surface area contributed by atoms with Gasteiger partial charge in [0.1, 0.15) is 11.9 Å². The standard InChI is InChI=1S/C18H32N4O4S/c1-5-9-21-15(7-6-14(23)11-26-10-8-12(2)3)20-22(18(21)27)13(4)16(19)17(24)25/h5,12-14,16,23H,1,6-11,19H2,2-4H3,(H,24,25)/t13-,14?,16-/m0/s1. The van der Waals surface area contributed by atoms with Crippen molar-refractivity contribution in [3.8, 4) is 0 Å². The van der Waals surface area contributed by atoms with Gasteiger partial charge in [-0.05, 0) is 37.9 Å². The van der Waals surface area contributed by atoms with Crippen molar-refractivity contribution in [1.82, 2.24) is 14.3 Å². The monoisotopic (exact) mass is 400 g/mol. The number of aliphatic carboxylic acids is 1. The molecule has 1 rings (SSSR count). The largest absolute Gasteiger partial charge is 0.480 e. The summed E-state index contributed by atoms with van der Waals surface area (Å²) in [5.41, 5.74) is 5.71. The summed E-state index contributed by atoms with van der Waals surface area (Å²) in [6, 6.07) is -1.71. The van der Waals surface area contributed by atoms with E-state index in [0.29, 0.717) is 42.5 Å². The predicted molar refractivity (Wildman–Crippen MR) is 106 cm³/mol. The zero-order valence-electron chi connectivity index (χ0n) is 16.4. The zero-order chi connectivity index (χ0) is 20.6. The van der Waals surface area contributed by atoms with Gasteiger partial charge in [-0.2, -0.15) is 5.10 Å². The third-order valence-corrected chi connectivity index (χ3v) is 4.72. The van der Waals surface area contributed by atoms with E-state index in [0.717, 1.165) is 6.42 Å². The fourth-order valence-electron chi connectivity index (χ4n) is 2.49. The molecule has 0 spiro atoms. The Bertz CT molecular complexity index is 671. The molecular weight excluding hydrogens is 368 g/mol. The van der Waals surface area contributed by atoms with Crippen LogP contribution in [0.3, 0.4) is 0 Å². The van der Waals surface area contributed by atoms with E-state index >= 15 is 0 Å². The van der Waals surface area contributed by atoms with Crippen molar-refractivity contribution in [3.05, 3.63) is 23.3 Å². The van der Waals surface area contributed by atoms with Crippen molar-refractivity contribution < 1.29 is 19.7 Å². The van der Waals surface area contributed by atoms with Gasteiger partial charge < -0.3 is 25.3 Å². The first-order valence-corrected chi connectivity index (χ1v) is 9.63. The molecule has 4 N–H and O–H groups in total. The molecule has 3 atom stereocenters. The van der Waals surface area contributed by atoms with Gasteiger partial charge in [0.15, 0.2) is 4.77 Å².